The molecule has 104 valence electrons. The Labute approximate surface area is 113 Å². The number of unbranched alkanes of at least 4 members (excludes halogenated alkanes) is 4. The molecule has 0 aromatic rings. The number of hydrogen-bond acceptors (Lipinski definition) is 5. The van der Waals surface area contributed by atoms with E-state index in [1.807, 2.05) is 0 Å². The van der Waals surface area contributed by atoms with E-state index in [9.17, 15) is 8.76 Å². The molecule has 0 unspecified atom stereocenters. The molecule has 0 fully saturated rings. The van der Waals surface area contributed by atoms with Gasteiger partial charge in [-0.3, -0.25) is 0 Å². The van der Waals surface area contributed by atoms with Crippen LogP contribution >= 0.6 is 32.0 Å². The molecule has 0 aliphatic rings. The van der Waals surface area contributed by atoms with Crippen LogP contribution in [0.3, 0.4) is 0 Å². The fraction of sp³-hybridized carbons (Fsp3) is 1.00. The number of halogens is 1. The summed E-state index contributed by atoms with van der Waals surface area (Å²) < 4.78 is 33.4. The molecular formula is C10H22FO3PS2. The highest BCUT2D eigenvalue weighted by Crippen LogP contribution is 2.56. The summed E-state index contributed by atoms with van der Waals surface area (Å²) in [6.07, 6.45) is 6.20. The standard InChI is InChI=1S/C10H22FO3PS2/c1-3-5-7-9-16-13-15(11,12)14-17-10-8-6-4-2/h3-10H2,1-2H3. The average Bonchev–Trinajstić information content (AvgIpc) is 2.28. The first-order valence-electron chi connectivity index (χ1n) is 6.04. The van der Waals surface area contributed by atoms with Crippen molar-refractivity contribution in [2.75, 3.05) is 11.5 Å². The lowest BCUT2D eigenvalue weighted by Gasteiger charge is -2.07. The Morgan fingerprint density at radius 1 is 0.941 bits per heavy atom. The molecular weight excluding hydrogens is 282 g/mol. The SMILES string of the molecule is CCCCCSOP(=O)(F)OSCCCCC. The van der Waals surface area contributed by atoms with Crippen LogP contribution < -0.4 is 0 Å². The first-order chi connectivity index (χ1) is 8.12. The van der Waals surface area contributed by atoms with Crippen molar-refractivity contribution in [1.82, 2.24) is 0 Å². The van der Waals surface area contributed by atoms with Crippen LogP contribution in [0.25, 0.3) is 0 Å². The van der Waals surface area contributed by atoms with E-state index in [2.05, 4.69) is 21.8 Å². The molecule has 0 rings (SSSR count). The van der Waals surface area contributed by atoms with Gasteiger partial charge in [0.25, 0.3) is 0 Å². The topological polar surface area (TPSA) is 35.5 Å². The summed E-state index contributed by atoms with van der Waals surface area (Å²) in [5, 5.41) is 0. The van der Waals surface area contributed by atoms with Crippen LogP contribution in [0.15, 0.2) is 0 Å². The molecule has 0 radical (unpaired) electrons. The normalized spacial score (nSPS) is 11.9. The predicted octanol–water partition coefficient (Wildman–Crippen LogP) is 5.77. The summed E-state index contributed by atoms with van der Waals surface area (Å²) in [6, 6.07) is 0. The van der Waals surface area contributed by atoms with Gasteiger partial charge < -0.3 is 0 Å². The van der Waals surface area contributed by atoms with Gasteiger partial charge in [0, 0.05) is 35.6 Å². The molecule has 17 heavy (non-hydrogen) atoms. The van der Waals surface area contributed by atoms with Gasteiger partial charge in [-0.1, -0.05) is 39.5 Å². The largest absolute Gasteiger partial charge is 0.535 e. The van der Waals surface area contributed by atoms with Crippen LogP contribution in [-0.4, -0.2) is 11.5 Å². The van der Waals surface area contributed by atoms with E-state index in [4.69, 9.17) is 0 Å². The Morgan fingerprint density at radius 2 is 1.35 bits per heavy atom. The van der Waals surface area contributed by atoms with E-state index in [1.54, 1.807) is 0 Å². The van der Waals surface area contributed by atoms with Crippen LogP contribution in [0, 0.1) is 0 Å². The molecule has 0 spiro atoms. The predicted molar refractivity (Wildman–Crippen MR) is 74.9 cm³/mol. The lowest BCUT2D eigenvalue weighted by atomic mass is 10.3. The molecule has 0 saturated heterocycles. The van der Waals surface area contributed by atoms with Crippen molar-refractivity contribution in [2.24, 2.45) is 0 Å². The van der Waals surface area contributed by atoms with Crippen LogP contribution in [0.5, 0.6) is 0 Å². The second kappa shape index (κ2) is 11.8. The third-order valence-corrected chi connectivity index (χ3v) is 5.12. The fourth-order valence-corrected chi connectivity index (χ4v) is 3.61. The third-order valence-electron chi connectivity index (χ3n) is 1.95. The summed E-state index contributed by atoms with van der Waals surface area (Å²) in [4.78, 5) is 0. The zero-order valence-electron chi connectivity index (χ0n) is 10.5. The van der Waals surface area contributed by atoms with Gasteiger partial charge >= 0.3 is 7.91 Å². The van der Waals surface area contributed by atoms with E-state index in [1.165, 1.54) is 0 Å². The van der Waals surface area contributed by atoms with E-state index in [0.717, 1.165) is 62.6 Å². The second-order valence-electron chi connectivity index (χ2n) is 3.64. The summed E-state index contributed by atoms with van der Waals surface area (Å²) in [7, 11) is -4.36. The maximum absolute atomic E-state index is 13.2. The Kier molecular flexibility index (Phi) is 12.4. The molecule has 0 N–H and O–H groups in total. The Hall–Kier alpha value is 0.780. The minimum Gasteiger partial charge on any atom is -0.221 e. The quantitative estimate of drug-likeness (QED) is 0.260. The maximum Gasteiger partial charge on any atom is 0.535 e. The molecule has 0 atom stereocenters. The highest BCUT2D eigenvalue weighted by molar-refractivity contribution is 8.01. The lowest BCUT2D eigenvalue weighted by molar-refractivity contribution is 0.377. The molecule has 3 nitrogen and oxygen atoms in total. The smallest absolute Gasteiger partial charge is 0.221 e. The van der Waals surface area contributed by atoms with Crippen molar-refractivity contribution >= 4 is 32.0 Å². The van der Waals surface area contributed by atoms with Crippen molar-refractivity contribution < 1.29 is 16.7 Å². The second-order valence-corrected chi connectivity index (χ2v) is 6.98. The van der Waals surface area contributed by atoms with E-state index in [-0.39, 0.29) is 0 Å². The van der Waals surface area contributed by atoms with Crippen LogP contribution in [0.2, 0.25) is 0 Å². The van der Waals surface area contributed by atoms with Gasteiger partial charge in [-0.2, -0.15) is 0 Å². The number of rotatable bonds is 12. The lowest BCUT2D eigenvalue weighted by Crippen LogP contribution is -1.85. The molecule has 0 aliphatic carbocycles. The molecule has 0 bridgehead atoms. The maximum atomic E-state index is 13.2. The van der Waals surface area contributed by atoms with Crippen molar-refractivity contribution in [3.05, 3.63) is 0 Å². The van der Waals surface area contributed by atoms with Crippen molar-refractivity contribution in [3.8, 4) is 0 Å². The van der Waals surface area contributed by atoms with E-state index >= 15 is 0 Å². The zero-order valence-corrected chi connectivity index (χ0v) is 13.1. The monoisotopic (exact) mass is 304 g/mol. The van der Waals surface area contributed by atoms with Gasteiger partial charge in [0.1, 0.15) is 0 Å². The van der Waals surface area contributed by atoms with Crippen molar-refractivity contribution in [3.63, 3.8) is 0 Å². The zero-order chi connectivity index (χ0) is 13.0. The summed E-state index contributed by atoms with van der Waals surface area (Å²) in [5.74, 6) is 1.29. The molecule has 0 aliphatic heterocycles. The highest BCUT2D eigenvalue weighted by Gasteiger charge is 2.25. The molecule has 7 heteroatoms. The number of hydrogen-bond donors (Lipinski definition) is 0. The molecule has 0 saturated carbocycles. The third kappa shape index (κ3) is 13.0. The first-order valence-corrected chi connectivity index (χ1v) is 9.30. The Bertz CT molecular complexity index is 202. The summed E-state index contributed by atoms with van der Waals surface area (Å²) in [6.45, 7) is 4.17. The van der Waals surface area contributed by atoms with Gasteiger partial charge in [0.05, 0.1) is 0 Å². The minimum absolute atomic E-state index is 0.644. The van der Waals surface area contributed by atoms with E-state index in [0.29, 0.717) is 11.5 Å². The molecule has 0 aromatic carbocycles. The van der Waals surface area contributed by atoms with Gasteiger partial charge in [-0.15, -0.1) is 4.20 Å². The van der Waals surface area contributed by atoms with Crippen LogP contribution in [-0.2, 0) is 12.5 Å². The van der Waals surface area contributed by atoms with Gasteiger partial charge in [0.2, 0.25) is 0 Å². The Balaban J connectivity index is 3.42. The summed E-state index contributed by atoms with van der Waals surface area (Å²) in [5.41, 5.74) is 0. The molecule has 0 amide bonds. The fourth-order valence-electron chi connectivity index (χ4n) is 1.03. The van der Waals surface area contributed by atoms with Gasteiger partial charge in [-0.05, 0) is 12.8 Å². The van der Waals surface area contributed by atoms with Crippen LogP contribution in [0.1, 0.15) is 52.4 Å². The Morgan fingerprint density at radius 3 is 1.71 bits per heavy atom. The minimum atomic E-state index is -4.36. The summed E-state index contributed by atoms with van der Waals surface area (Å²) >= 11 is 1.78. The van der Waals surface area contributed by atoms with Crippen LogP contribution in [0.4, 0.5) is 4.20 Å². The van der Waals surface area contributed by atoms with Gasteiger partial charge in [0.15, 0.2) is 0 Å². The van der Waals surface area contributed by atoms with Crippen molar-refractivity contribution in [2.45, 2.75) is 52.4 Å². The molecule has 0 heterocycles. The average molecular weight is 304 g/mol. The highest BCUT2D eigenvalue weighted by atomic mass is 32.2. The van der Waals surface area contributed by atoms with Gasteiger partial charge in [-0.25, -0.2) is 12.5 Å². The van der Waals surface area contributed by atoms with E-state index < -0.39 is 7.91 Å². The van der Waals surface area contributed by atoms with Crippen molar-refractivity contribution in [1.29, 1.82) is 0 Å². The first kappa shape index (κ1) is 17.8. The molecule has 0 aromatic heterocycles.